The van der Waals surface area contributed by atoms with Crippen LogP contribution in [0.3, 0.4) is 0 Å². The first-order valence-electron chi connectivity index (χ1n) is 8.56. The van der Waals surface area contributed by atoms with Gasteiger partial charge >= 0.3 is 6.09 Å². The fourth-order valence-electron chi connectivity index (χ4n) is 2.92. The van der Waals surface area contributed by atoms with E-state index in [0.717, 1.165) is 25.9 Å². The molecule has 2 rings (SSSR count). The summed E-state index contributed by atoms with van der Waals surface area (Å²) in [5, 5.41) is 0. The predicted octanol–water partition coefficient (Wildman–Crippen LogP) is 4.98. The molecule has 0 radical (unpaired) electrons. The van der Waals surface area contributed by atoms with Crippen molar-refractivity contribution in [2.75, 3.05) is 13.1 Å². The number of nitrogens with zero attached hydrogens (tertiary/aromatic N) is 1. The summed E-state index contributed by atoms with van der Waals surface area (Å²) in [6, 6.07) is 10.4. The Morgan fingerprint density at radius 1 is 1.22 bits per heavy atom. The van der Waals surface area contributed by atoms with E-state index in [4.69, 9.17) is 4.74 Å². The molecule has 3 heteroatoms. The van der Waals surface area contributed by atoms with Gasteiger partial charge in [-0.15, -0.1) is 0 Å². The van der Waals surface area contributed by atoms with Gasteiger partial charge in [-0.3, -0.25) is 0 Å². The molecule has 1 aromatic rings. The van der Waals surface area contributed by atoms with Gasteiger partial charge in [-0.05, 0) is 51.0 Å². The number of ether oxygens (including phenoxy) is 1. The largest absolute Gasteiger partial charge is 0.444 e. The molecule has 1 aliphatic heterocycles. The topological polar surface area (TPSA) is 29.5 Å². The minimum Gasteiger partial charge on any atom is -0.444 e. The molecule has 0 N–H and O–H groups in total. The highest BCUT2D eigenvalue weighted by Crippen LogP contribution is 2.27. The third-order valence-electron chi connectivity index (χ3n) is 4.33. The monoisotopic (exact) mass is 315 g/mol. The third-order valence-corrected chi connectivity index (χ3v) is 4.33. The van der Waals surface area contributed by atoms with Gasteiger partial charge in [0.05, 0.1) is 0 Å². The highest BCUT2D eigenvalue weighted by Gasteiger charge is 2.28. The lowest BCUT2D eigenvalue weighted by atomic mass is 9.85. The average Bonchev–Trinajstić information content (AvgIpc) is 2.52. The van der Waals surface area contributed by atoms with Gasteiger partial charge in [-0.25, -0.2) is 4.79 Å². The normalized spacial score (nSPS) is 18.2. The van der Waals surface area contributed by atoms with Crippen LogP contribution in [0.1, 0.15) is 46.1 Å². The molecular formula is C20H29NO2. The molecule has 1 amide bonds. The van der Waals surface area contributed by atoms with E-state index in [9.17, 15) is 4.79 Å². The summed E-state index contributed by atoms with van der Waals surface area (Å²) >= 11 is 0. The van der Waals surface area contributed by atoms with Crippen LogP contribution in [0.4, 0.5) is 4.79 Å². The van der Waals surface area contributed by atoms with E-state index >= 15 is 0 Å². The molecule has 0 unspecified atom stereocenters. The zero-order valence-corrected chi connectivity index (χ0v) is 14.8. The van der Waals surface area contributed by atoms with Gasteiger partial charge in [0.1, 0.15) is 5.60 Å². The lowest BCUT2D eigenvalue weighted by Crippen LogP contribution is -2.42. The first-order valence-corrected chi connectivity index (χ1v) is 8.56. The van der Waals surface area contributed by atoms with E-state index in [2.05, 4.69) is 43.3 Å². The van der Waals surface area contributed by atoms with Crippen LogP contribution < -0.4 is 0 Å². The molecule has 0 saturated carbocycles. The summed E-state index contributed by atoms with van der Waals surface area (Å²) in [6.07, 6.45) is 6.40. The summed E-state index contributed by atoms with van der Waals surface area (Å²) in [5.41, 5.74) is 0.824. The Morgan fingerprint density at radius 3 is 2.39 bits per heavy atom. The van der Waals surface area contributed by atoms with E-state index in [-0.39, 0.29) is 6.09 Å². The number of allylic oxidation sites excluding steroid dienone is 1. The Bertz CT molecular complexity index is 522. The van der Waals surface area contributed by atoms with Crippen molar-refractivity contribution in [2.24, 2.45) is 11.8 Å². The number of hydrogen-bond acceptors (Lipinski definition) is 2. The SMILES string of the molecule is C[C@H](C=Cc1ccccc1)C1CCN(C(=O)OC(C)(C)C)CC1. The fraction of sp³-hybridized carbons (Fsp3) is 0.550. The molecule has 3 nitrogen and oxygen atoms in total. The van der Waals surface area contributed by atoms with Crippen molar-refractivity contribution in [3.8, 4) is 0 Å². The van der Waals surface area contributed by atoms with Crippen LogP contribution in [-0.4, -0.2) is 29.7 Å². The number of likely N-dealkylation sites (tertiary alicyclic amines) is 1. The standard InChI is InChI=1S/C20H29NO2/c1-16(10-11-17-8-6-5-7-9-17)18-12-14-21(15-13-18)19(22)23-20(2,3)4/h5-11,16,18H,12-15H2,1-4H3/t16-/m1/s1. The molecule has 0 bridgehead atoms. The second-order valence-electron chi connectivity index (χ2n) is 7.43. The smallest absolute Gasteiger partial charge is 0.410 e. The molecule has 0 spiro atoms. The number of rotatable bonds is 3. The number of carbonyl (C=O) groups excluding carboxylic acids is 1. The Labute approximate surface area is 140 Å². The van der Waals surface area contributed by atoms with Crippen molar-refractivity contribution in [1.29, 1.82) is 0 Å². The maximum Gasteiger partial charge on any atom is 0.410 e. The molecule has 1 heterocycles. The molecule has 0 aliphatic carbocycles. The number of hydrogen-bond donors (Lipinski definition) is 0. The molecule has 1 saturated heterocycles. The average molecular weight is 315 g/mol. The van der Waals surface area contributed by atoms with Crippen LogP contribution in [0, 0.1) is 11.8 Å². The summed E-state index contributed by atoms with van der Waals surface area (Å²) in [5.74, 6) is 1.16. The predicted molar refractivity (Wildman–Crippen MR) is 95.2 cm³/mol. The number of carbonyl (C=O) groups is 1. The fourth-order valence-corrected chi connectivity index (χ4v) is 2.92. The summed E-state index contributed by atoms with van der Waals surface area (Å²) < 4.78 is 5.45. The van der Waals surface area contributed by atoms with Crippen LogP contribution in [0.2, 0.25) is 0 Å². The van der Waals surface area contributed by atoms with Crippen LogP contribution in [0.25, 0.3) is 6.08 Å². The minimum absolute atomic E-state index is 0.177. The minimum atomic E-state index is -0.417. The van der Waals surface area contributed by atoms with Gasteiger partial charge in [-0.1, -0.05) is 49.4 Å². The van der Waals surface area contributed by atoms with Crippen LogP contribution in [0.15, 0.2) is 36.4 Å². The Kier molecular flexibility index (Phi) is 5.86. The highest BCUT2D eigenvalue weighted by atomic mass is 16.6. The molecule has 126 valence electrons. The van der Waals surface area contributed by atoms with E-state index in [1.54, 1.807) is 0 Å². The van der Waals surface area contributed by atoms with E-state index in [1.165, 1.54) is 5.56 Å². The summed E-state index contributed by atoms with van der Waals surface area (Å²) in [4.78, 5) is 13.9. The Morgan fingerprint density at radius 2 is 1.83 bits per heavy atom. The van der Waals surface area contributed by atoms with Crippen LogP contribution >= 0.6 is 0 Å². The zero-order chi connectivity index (χ0) is 16.9. The van der Waals surface area contributed by atoms with Gasteiger partial charge in [-0.2, -0.15) is 0 Å². The van der Waals surface area contributed by atoms with Gasteiger partial charge in [0.2, 0.25) is 0 Å². The van der Waals surface area contributed by atoms with Crippen molar-refractivity contribution < 1.29 is 9.53 Å². The van der Waals surface area contributed by atoms with Crippen LogP contribution in [0.5, 0.6) is 0 Å². The third kappa shape index (κ3) is 5.74. The molecule has 1 aromatic carbocycles. The van der Waals surface area contributed by atoms with E-state index < -0.39 is 5.60 Å². The highest BCUT2D eigenvalue weighted by molar-refractivity contribution is 5.68. The molecule has 0 aromatic heterocycles. The molecule has 1 fully saturated rings. The van der Waals surface area contributed by atoms with Gasteiger partial charge in [0.15, 0.2) is 0 Å². The molecule has 1 atom stereocenters. The summed E-state index contributed by atoms with van der Waals surface area (Å²) in [7, 11) is 0. The number of piperidine rings is 1. The van der Waals surface area contributed by atoms with Gasteiger partial charge in [0, 0.05) is 13.1 Å². The maximum absolute atomic E-state index is 12.1. The van der Waals surface area contributed by atoms with Crippen molar-refractivity contribution in [3.05, 3.63) is 42.0 Å². The van der Waals surface area contributed by atoms with Crippen molar-refractivity contribution >= 4 is 12.2 Å². The van der Waals surface area contributed by atoms with Gasteiger partial charge in [0.25, 0.3) is 0 Å². The van der Waals surface area contributed by atoms with Crippen molar-refractivity contribution in [1.82, 2.24) is 4.90 Å². The Hall–Kier alpha value is -1.77. The van der Waals surface area contributed by atoms with Gasteiger partial charge < -0.3 is 9.64 Å². The molecular weight excluding hydrogens is 286 g/mol. The zero-order valence-electron chi connectivity index (χ0n) is 14.8. The number of benzene rings is 1. The van der Waals surface area contributed by atoms with Crippen LogP contribution in [-0.2, 0) is 4.74 Å². The van der Waals surface area contributed by atoms with E-state index in [1.807, 2.05) is 31.7 Å². The van der Waals surface area contributed by atoms with Crippen molar-refractivity contribution in [2.45, 2.75) is 46.1 Å². The lowest BCUT2D eigenvalue weighted by molar-refractivity contribution is 0.0171. The Balaban J connectivity index is 1.82. The lowest BCUT2D eigenvalue weighted by Gasteiger charge is -2.35. The first-order chi connectivity index (χ1) is 10.8. The summed E-state index contributed by atoms with van der Waals surface area (Å²) in [6.45, 7) is 9.59. The van der Waals surface area contributed by atoms with E-state index in [0.29, 0.717) is 11.8 Å². The molecule has 1 aliphatic rings. The number of amides is 1. The maximum atomic E-state index is 12.1. The first kappa shape index (κ1) is 17.6. The second-order valence-corrected chi connectivity index (χ2v) is 7.43. The quantitative estimate of drug-likeness (QED) is 0.787. The van der Waals surface area contributed by atoms with Crippen molar-refractivity contribution in [3.63, 3.8) is 0 Å². The second kappa shape index (κ2) is 7.67. The molecule has 23 heavy (non-hydrogen) atoms.